The van der Waals surface area contributed by atoms with Gasteiger partial charge in [-0.05, 0) is 29.8 Å². The van der Waals surface area contributed by atoms with Gasteiger partial charge in [0.25, 0.3) is 5.56 Å². The predicted octanol–water partition coefficient (Wildman–Crippen LogP) is 1.95. The molecule has 0 aliphatic rings. The van der Waals surface area contributed by atoms with E-state index in [0.29, 0.717) is 5.69 Å². The molecule has 0 amide bonds. The van der Waals surface area contributed by atoms with Crippen LogP contribution in [-0.4, -0.2) is 17.3 Å². The second kappa shape index (κ2) is 5.12. The van der Waals surface area contributed by atoms with E-state index in [1.54, 1.807) is 13.2 Å². The summed E-state index contributed by atoms with van der Waals surface area (Å²) in [6.45, 7) is 0. The van der Waals surface area contributed by atoms with E-state index in [2.05, 4.69) is 10.2 Å². The summed E-state index contributed by atoms with van der Waals surface area (Å²) >= 11 is 0. The SMILES string of the molecule is COc1cccc(/C=C/c2ccc(=O)[nH]n2)c1. The molecule has 0 atom stereocenters. The third-order valence-corrected chi connectivity index (χ3v) is 2.24. The Morgan fingerprint density at radius 3 is 2.82 bits per heavy atom. The number of aromatic nitrogens is 2. The lowest BCUT2D eigenvalue weighted by atomic mass is 10.2. The molecule has 0 radical (unpaired) electrons. The largest absolute Gasteiger partial charge is 0.497 e. The quantitative estimate of drug-likeness (QED) is 0.873. The summed E-state index contributed by atoms with van der Waals surface area (Å²) in [4.78, 5) is 10.8. The van der Waals surface area contributed by atoms with E-state index in [1.165, 1.54) is 6.07 Å². The third kappa shape index (κ3) is 3.04. The highest BCUT2D eigenvalue weighted by molar-refractivity contribution is 5.68. The number of nitrogens with one attached hydrogen (secondary N) is 1. The van der Waals surface area contributed by atoms with Crippen LogP contribution in [0.1, 0.15) is 11.3 Å². The van der Waals surface area contributed by atoms with Gasteiger partial charge >= 0.3 is 0 Å². The standard InChI is InChI=1S/C13H12N2O2/c1-17-12-4-2-3-10(9-12)5-6-11-7-8-13(16)15-14-11/h2-9H,1H3,(H,15,16)/b6-5+. The average Bonchev–Trinajstić information content (AvgIpc) is 2.38. The van der Waals surface area contributed by atoms with Crippen LogP contribution in [-0.2, 0) is 0 Å². The van der Waals surface area contributed by atoms with Crippen LogP contribution in [0.4, 0.5) is 0 Å². The second-order valence-corrected chi connectivity index (χ2v) is 3.46. The van der Waals surface area contributed by atoms with E-state index in [0.717, 1.165) is 11.3 Å². The molecule has 0 saturated carbocycles. The van der Waals surface area contributed by atoms with Crippen molar-refractivity contribution >= 4 is 12.2 Å². The van der Waals surface area contributed by atoms with Gasteiger partial charge in [-0.25, -0.2) is 5.10 Å². The van der Waals surface area contributed by atoms with Crippen molar-refractivity contribution in [2.24, 2.45) is 0 Å². The Morgan fingerprint density at radius 2 is 2.12 bits per heavy atom. The number of hydrogen-bond donors (Lipinski definition) is 1. The number of aromatic amines is 1. The molecule has 0 aliphatic heterocycles. The summed E-state index contributed by atoms with van der Waals surface area (Å²) in [5.74, 6) is 0.807. The van der Waals surface area contributed by atoms with Crippen molar-refractivity contribution in [2.75, 3.05) is 7.11 Å². The maximum Gasteiger partial charge on any atom is 0.264 e. The highest BCUT2D eigenvalue weighted by Crippen LogP contribution is 2.14. The molecule has 0 aliphatic carbocycles. The van der Waals surface area contributed by atoms with Gasteiger partial charge in [-0.1, -0.05) is 18.2 Å². The number of rotatable bonds is 3. The minimum atomic E-state index is -0.205. The fourth-order valence-corrected chi connectivity index (χ4v) is 1.37. The molecular weight excluding hydrogens is 216 g/mol. The normalized spacial score (nSPS) is 10.6. The van der Waals surface area contributed by atoms with Crippen molar-refractivity contribution in [1.82, 2.24) is 10.2 Å². The van der Waals surface area contributed by atoms with Gasteiger partial charge in [0, 0.05) is 6.07 Å². The first-order valence-corrected chi connectivity index (χ1v) is 5.16. The van der Waals surface area contributed by atoms with Crippen molar-refractivity contribution in [3.8, 4) is 5.75 Å². The molecule has 0 saturated heterocycles. The van der Waals surface area contributed by atoms with Crippen LogP contribution < -0.4 is 10.3 Å². The molecule has 0 fully saturated rings. The molecule has 0 spiro atoms. The minimum Gasteiger partial charge on any atom is -0.497 e. The van der Waals surface area contributed by atoms with E-state index < -0.39 is 0 Å². The van der Waals surface area contributed by atoms with Crippen molar-refractivity contribution in [1.29, 1.82) is 0 Å². The maximum absolute atomic E-state index is 10.8. The van der Waals surface area contributed by atoms with E-state index in [1.807, 2.05) is 36.4 Å². The Hall–Kier alpha value is -2.36. The molecule has 0 bridgehead atoms. The van der Waals surface area contributed by atoms with Crippen molar-refractivity contribution < 1.29 is 4.74 Å². The third-order valence-electron chi connectivity index (χ3n) is 2.24. The maximum atomic E-state index is 10.8. The van der Waals surface area contributed by atoms with Gasteiger partial charge in [-0.3, -0.25) is 4.79 Å². The van der Waals surface area contributed by atoms with Crippen LogP contribution in [0.25, 0.3) is 12.2 Å². The highest BCUT2D eigenvalue weighted by Gasteiger charge is 1.92. The van der Waals surface area contributed by atoms with Gasteiger partial charge in [0.2, 0.25) is 0 Å². The van der Waals surface area contributed by atoms with Crippen LogP contribution in [0.5, 0.6) is 5.75 Å². The van der Waals surface area contributed by atoms with Gasteiger partial charge in [0.15, 0.2) is 0 Å². The molecule has 86 valence electrons. The summed E-state index contributed by atoms with van der Waals surface area (Å²) in [6, 6.07) is 10.8. The Kier molecular flexibility index (Phi) is 3.35. The van der Waals surface area contributed by atoms with Crippen LogP contribution in [0, 0.1) is 0 Å². The van der Waals surface area contributed by atoms with Crippen LogP contribution >= 0.6 is 0 Å². The summed E-state index contributed by atoms with van der Waals surface area (Å²) < 4.78 is 5.13. The molecule has 2 rings (SSSR count). The van der Waals surface area contributed by atoms with Gasteiger partial charge in [-0.2, -0.15) is 5.10 Å². The van der Waals surface area contributed by atoms with Gasteiger partial charge in [0.05, 0.1) is 12.8 Å². The van der Waals surface area contributed by atoms with Crippen LogP contribution in [0.15, 0.2) is 41.2 Å². The molecule has 1 heterocycles. The Morgan fingerprint density at radius 1 is 1.24 bits per heavy atom. The molecule has 0 unspecified atom stereocenters. The minimum absolute atomic E-state index is 0.205. The van der Waals surface area contributed by atoms with Crippen molar-refractivity contribution in [2.45, 2.75) is 0 Å². The fraction of sp³-hybridized carbons (Fsp3) is 0.0769. The number of hydrogen-bond acceptors (Lipinski definition) is 3. The van der Waals surface area contributed by atoms with E-state index in [-0.39, 0.29) is 5.56 Å². The van der Waals surface area contributed by atoms with Gasteiger partial charge in [-0.15, -0.1) is 0 Å². The highest BCUT2D eigenvalue weighted by atomic mass is 16.5. The van der Waals surface area contributed by atoms with Crippen molar-refractivity contribution in [3.63, 3.8) is 0 Å². The molecule has 2 aromatic rings. The average molecular weight is 228 g/mol. The molecular formula is C13H12N2O2. The predicted molar refractivity (Wildman–Crippen MR) is 66.8 cm³/mol. The lowest BCUT2D eigenvalue weighted by Crippen LogP contribution is -2.05. The number of benzene rings is 1. The monoisotopic (exact) mass is 228 g/mol. The molecule has 1 aromatic heterocycles. The topological polar surface area (TPSA) is 55.0 Å². The van der Waals surface area contributed by atoms with Crippen LogP contribution in [0.2, 0.25) is 0 Å². The van der Waals surface area contributed by atoms with Crippen LogP contribution in [0.3, 0.4) is 0 Å². The van der Waals surface area contributed by atoms with Crippen molar-refractivity contribution in [3.05, 3.63) is 58.0 Å². The first kappa shape index (κ1) is 11.1. The molecule has 4 nitrogen and oxygen atoms in total. The zero-order chi connectivity index (χ0) is 12.1. The Bertz CT molecular complexity index is 567. The number of nitrogens with zero attached hydrogens (tertiary/aromatic N) is 1. The van der Waals surface area contributed by atoms with Gasteiger partial charge in [0.1, 0.15) is 5.75 Å². The van der Waals surface area contributed by atoms with E-state index in [4.69, 9.17) is 4.74 Å². The molecule has 4 heteroatoms. The summed E-state index contributed by atoms with van der Waals surface area (Å²) in [5, 5.41) is 6.26. The van der Waals surface area contributed by atoms with E-state index in [9.17, 15) is 4.79 Å². The fourth-order valence-electron chi connectivity index (χ4n) is 1.37. The number of methoxy groups -OCH3 is 1. The summed E-state index contributed by atoms with van der Waals surface area (Å²) in [7, 11) is 1.63. The number of H-pyrrole nitrogens is 1. The lowest BCUT2D eigenvalue weighted by molar-refractivity contribution is 0.414. The first-order chi connectivity index (χ1) is 8.28. The first-order valence-electron chi connectivity index (χ1n) is 5.16. The Labute approximate surface area is 98.6 Å². The second-order valence-electron chi connectivity index (χ2n) is 3.46. The zero-order valence-electron chi connectivity index (χ0n) is 9.38. The van der Waals surface area contributed by atoms with Gasteiger partial charge < -0.3 is 4.74 Å². The molecule has 1 aromatic carbocycles. The molecule has 17 heavy (non-hydrogen) atoms. The smallest absolute Gasteiger partial charge is 0.264 e. The molecule has 1 N–H and O–H groups in total. The Balaban J connectivity index is 2.19. The van der Waals surface area contributed by atoms with E-state index >= 15 is 0 Å². The number of ether oxygens (including phenoxy) is 1. The summed E-state index contributed by atoms with van der Waals surface area (Å²) in [6.07, 6.45) is 3.73. The lowest BCUT2D eigenvalue weighted by Gasteiger charge is -1.99. The zero-order valence-corrected chi connectivity index (χ0v) is 9.38. The summed E-state index contributed by atoms with van der Waals surface area (Å²) in [5.41, 5.74) is 1.51.